The number of fused-ring (bicyclic) bond motifs is 4. The number of methoxy groups -OCH3 is 2. The van der Waals surface area contributed by atoms with Gasteiger partial charge in [-0.05, 0) is 59.4 Å². The molecule has 34 heavy (non-hydrogen) atoms. The Labute approximate surface area is 199 Å². The first-order valence-corrected chi connectivity index (χ1v) is 11.6. The zero-order chi connectivity index (χ0) is 23.8. The van der Waals surface area contributed by atoms with Gasteiger partial charge in [0.1, 0.15) is 0 Å². The Balaban J connectivity index is 1.66. The lowest BCUT2D eigenvalue weighted by Crippen LogP contribution is -2.49. The molecule has 0 aliphatic carbocycles. The first-order valence-electron chi connectivity index (χ1n) is 11.6. The number of hydrogen-bond acceptors (Lipinski definition) is 4. The Kier molecular flexibility index (Phi) is 5.74. The summed E-state index contributed by atoms with van der Waals surface area (Å²) in [5.41, 5.74) is 5.23. The zero-order valence-corrected chi connectivity index (χ0v) is 19.6. The number of nitrogens with one attached hydrogen (secondary N) is 1. The summed E-state index contributed by atoms with van der Waals surface area (Å²) < 4.78 is 11.0. The summed E-state index contributed by atoms with van der Waals surface area (Å²) in [6.07, 6.45) is 1.64. The summed E-state index contributed by atoms with van der Waals surface area (Å²) in [4.78, 5) is 29.4. The number of anilines is 1. The molecule has 0 bridgehead atoms. The van der Waals surface area contributed by atoms with Crippen LogP contribution in [0.25, 0.3) is 0 Å². The summed E-state index contributed by atoms with van der Waals surface area (Å²) in [5, 5.41) is 3.12. The number of rotatable bonds is 5. The normalized spacial score (nSPS) is 18.4. The molecule has 2 aliphatic heterocycles. The van der Waals surface area contributed by atoms with E-state index in [0.717, 1.165) is 29.7 Å². The SMILES string of the molecule is CCc1cccc(NC(=O)C2c3cc(OC)c(OC)cc3C(=O)N3CCc4ccccc4C23)c1. The highest BCUT2D eigenvalue weighted by atomic mass is 16.5. The number of ether oxygens (including phenoxy) is 2. The fourth-order valence-corrected chi connectivity index (χ4v) is 5.22. The van der Waals surface area contributed by atoms with Gasteiger partial charge in [0.15, 0.2) is 11.5 Å². The van der Waals surface area contributed by atoms with E-state index in [2.05, 4.69) is 18.3 Å². The first-order chi connectivity index (χ1) is 16.5. The Morgan fingerprint density at radius 3 is 2.53 bits per heavy atom. The zero-order valence-electron chi connectivity index (χ0n) is 19.6. The fraction of sp³-hybridized carbons (Fsp3) is 0.286. The third kappa shape index (κ3) is 3.59. The molecular formula is C28H28N2O4. The highest BCUT2D eigenvalue weighted by molar-refractivity contribution is 6.05. The quantitative estimate of drug-likeness (QED) is 0.602. The van der Waals surface area contributed by atoms with Gasteiger partial charge < -0.3 is 19.7 Å². The Bertz CT molecular complexity index is 1270. The molecule has 0 saturated carbocycles. The van der Waals surface area contributed by atoms with Crippen molar-refractivity contribution in [3.8, 4) is 11.5 Å². The highest BCUT2D eigenvalue weighted by Crippen LogP contribution is 2.48. The molecule has 0 saturated heterocycles. The minimum absolute atomic E-state index is 0.0903. The number of nitrogens with zero attached hydrogens (tertiary/aromatic N) is 1. The van der Waals surface area contributed by atoms with E-state index in [0.29, 0.717) is 29.2 Å². The smallest absolute Gasteiger partial charge is 0.254 e. The molecule has 174 valence electrons. The van der Waals surface area contributed by atoms with Crippen LogP contribution in [0.15, 0.2) is 60.7 Å². The van der Waals surface area contributed by atoms with Crippen molar-refractivity contribution in [2.45, 2.75) is 31.7 Å². The van der Waals surface area contributed by atoms with Crippen LogP contribution in [0.5, 0.6) is 11.5 Å². The van der Waals surface area contributed by atoms with Crippen LogP contribution >= 0.6 is 0 Å². The minimum Gasteiger partial charge on any atom is -0.493 e. The maximum absolute atomic E-state index is 13.9. The topological polar surface area (TPSA) is 67.9 Å². The van der Waals surface area contributed by atoms with Crippen molar-refractivity contribution in [3.05, 3.63) is 88.5 Å². The molecule has 6 nitrogen and oxygen atoms in total. The molecule has 5 rings (SSSR count). The summed E-state index contributed by atoms with van der Waals surface area (Å²) >= 11 is 0. The lowest BCUT2D eigenvalue weighted by molar-refractivity contribution is -0.119. The second-order valence-electron chi connectivity index (χ2n) is 8.71. The van der Waals surface area contributed by atoms with E-state index in [-0.39, 0.29) is 11.8 Å². The van der Waals surface area contributed by atoms with Crippen molar-refractivity contribution in [2.75, 3.05) is 26.1 Å². The molecule has 2 amide bonds. The molecule has 6 heteroatoms. The molecule has 0 radical (unpaired) electrons. The third-order valence-corrected chi connectivity index (χ3v) is 6.91. The van der Waals surface area contributed by atoms with E-state index >= 15 is 0 Å². The van der Waals surface area contributed by atoms with Crippen LogP contribution in [0.2, 0.25) is 0 Å². The van der Waals surface area contributed by atoms with Gasteiger partial charge >= 0.3 is 0 Å². The van der Waals surface area contributed by atoms with E-state index in [4.69, 9.17) is 9.47 Å². The molecule has 0 fully saturated rings. The van der Waals surface area contributed by atoms with Gasteiger partial charge in [-0.1, -0.05) is 43.3 Å². The molecule has 0 spiro atoms. The lowest BCUT2D eigenvalue weighted by atomic mass is 9.75. The van der Waals surface area contributed by atoms with E-state index in [1.54, 1.807) is 26.4 Å². The number of hydrogen-bond donors (Lipinski definition) is 1. The van der Waals surface area contributed by atoms with Crippen molar-refractivity contribution in [1.29, 1.82) is 0 Å². The number of benzene rings is 3. The minimum atomic E-state index is -0.598. The second-order valence-corrected chi connectivity index (χ2v) is 8.71. The van der Waals surface area contributed by atoms with E-state index in [9.17, 15) is 9.59 Å². The number of amides is 2. The van der Waals surface area contributed by atoms with Crippen molar-refractivity contribution in [2.24, 2.45) is 0 Å². The van der Waals surface area contributed by atoms with Crippen LogP contribution in [0, 0.1) is 0 Å². The molecular weight excluding hydrogens is 428 g/mol. The first kappa shape index (κ1) is 22.0. The average molecular weight is 457 g/mol. The lowest BCUT2D eigenvalue weighted by Gasteiger charge is -2.45. The van der Waals surface area contributed by atoms with Crippen molar-refractivity contribution in [1.82, 2.24) is 4.90 Å². The summed E-state index contributed by atoms with van der Waals surface area (Å²) in [6.45, 7) is 2.64. The molecule has 1 N–H and O–H groups in total. The third-order valence-electron chi connectivity index (χ3n) is 6.91. The van der Waals surface area contributed by atoms with E-state index < -0.39 is 12.0 Å². The van der Waals surface area contributed by atoms with Crippen LogP contribution in [0.3, 0.4) is 0 Å². The van der Waals surface area contributed by atoms with Crippen LogP contribution in [0.1, 0.15) is 51.5 Å². The number of aryl methyl sites for hydroxylation is 1. The summed E-state index contributed by atoms with van der Waals surface area (Å²) in [7, 11) is 3.10. The Hall–Kier alpha value is -3.80. The highest BCUT2D eigenvalue weighted by Gasteiger charge is 2.47. The average Bonchev–Trinajstić information content (AvgIpc) is 2.88. The number of carbonyl (C=O) groups excluding carboxylic acids is 2. The van der Waals surface area contributed by atoms with Gasteiger partial charge in [-0.15, -0.1) is 0 Å². The van der Waals surface area contributed by atoms with E-state index in [1.807, 2.05) is 47.4 Å². The van der Waals surface area contributed by atoms with Crippen molar-refractivity contribution in [3.63, 3.8) is 0 Å². The van der Waals surface area contributed by atoms with Gasteiger partial charge in [-0.2, -0.15) is 0 Å². The molecule has 0 aromatic heterocycles. The van der Waals surface area contributed by atoms with Crippen LogP contribution in [-0.2, 0) is 17.6 Å². The van der Waals surface area contributed by atoms with Gasteiger partial charge in [0.05, 0.1) is 26.2 Å². The summed E-state index contributed by atoms with van der Waals surface area (Å²) in [6, 6.07) is 19.1. The largest absolute Gasteiger partial charge is 0.493 e. The fourth-order valence-electron chi connectivity index (χ4n) is 5.22. The molecule has 3 aromatic carbocycles. The maximum Gasteiger partial charge on any atom is 0.254 e. The van der Waals surface area contributed by atoms with Gasteiger partial charge in [0, 0.05) is 17.8 Å². The standard InChI is InChI=1S/C28H28N2O4/c1-4-17-8-7-10-19(14-17)29-27(31)25-21-15-23(33-2)24(34-3)16-22(21)28(32)30-13-12-18-9-5-6-11-20(18)26(25)30/h5-11,14-16,25-26H,4,12-13H2,1-3H3,(H,29,31). The maximum atomic E-state index is 13.9. The van der Waals surface area contributed by atoms with Gasteiger partial charge in [0.25, 0.3) is 5.91 Å². The molecule has 2 heterocycles. The Morgan fingerprint density at radius 1 is 1.00 bits per heavy atom. The predicted octanol–water partition coefficient (Wildman–Crippen LogP) is 4.74. The van der Waals surface area contributed by atoms with Crippen LogP contribution in [0.4, 0.5) is 5.69 Å². The van der Waals surface area contributed by atoms with Gasteiger partial charge in [-0.3, -0.25) is 9.59 Å². The predicted molar refractivity (Wildman–Crippen MR) is 131 cm³/mol. The molecule has 2 unspecified atom stereocenters. The van der Waals surface area contributed by atoms with Gasteiger partial charge in [-0.25, -0.2) is 0 Å². The monoisotopic (exact) mass is 456 g/mol. The van der Waals surface area contributed by atoms with Crippen LogP contribution in [-0.4, -0.2) is 37.5 Å². The van der Waals surface area contributed by atoms with E-state index in [1.165, 1.54) is 5.56 Å². The van der Waals surface area contributed by atoms with Gasteiger partial charge in [0.2, 0.25) is 5.91 Å². The van der Waals surface area contributed by atoms with Crippen molar-refractivity contribution < 1.29 is 19.1 Å². The molecule has 2 atom stereocenters. The summed E-state index contributed by atoms with van der Waals surface area (Å²) in [5.74, 6) is 0.130. The second kappa shape index (κ2) is 8.86. The Morgan fingerprint density at radius 2 is 1.76 bits per heavy atom. The molecule has 3 aromatic rings. The van der Waals surface area contributed by atoms with Crippen molar-refractivity contribution >= 4 is 17.5 Å². The molecule has 2 aliphatic rings. The number of carbonyl (C=O) groups is 2. The van der Waals surface area contributed by atoms with Crippen LogP contribution < -0.4 is 14.8 Å².